The van der Waals surface area contributed by atoms with Crippen molar-refractivity contribution >= 4 is 0 Å². The summed E-state index contributed by atoms with van der Waals surface area (Å²) in [4.78, 5) is 0. The molecule has 0 aromatic rings. The van der Waals surface area contributed by atoms with Crippen LogP contribution in [0, 0.1) is 0 Å². The van der Waals surface area contributed by atoms with Crippen molar-refractivity contribution in [2.75, 3.05) is 13.2 Å². The second kappa shape index (κ2) is 5.85. The lowest BCUT2D eigenvalue weighted by molar-refractivity contribution is -0.430. The second-order valence-electron chi connectivity index (χ2n) is 3.22. The monoisotopic (exact) mass is 272 g/mol. The minimum Gasteiger partial charge on any atom is -0.396 e. The summed E-state index contributed by atoms with van der Waals surface area (Å²) in [6.45, 7) is -1.28. The highest BCUT2D eigenvalue weighted by Crippen LogP contribution is 2.46. The quantitative estimate of drug-likeness (QED) is 0.595. The molecule has 0 aliphatic rings. The summed E-state index contributed by atoms with van der Waals surface area (Å²) in [5, 5.41) is 8.31. The molecule has 0 atom stereocenters. The van der Waals surface area contributed by atoms with Gasteiger partial charge in [-0.15, -0.1) is 0 Å². The van der Waals surface area contributed by atoms with Gasteiger partial charge in [0.1, 0.15) is 0 Å². The topological polar surface area (TPSA) is 29.5 Å². The van der Waals surface area contributed by atoms with Crippen molar-refractivity contribution in [1.29, 1.82) is 0 Å². The van der Waals surface area contributed by atoms with E-state index in [1.807, 2.05) is 0 Å². The molecular weight excluding hydrogens is 261 g/mol. The number of unbranched alkanes of at least 4 members (excludes halogenated alkanes) is 2. The van der Waals surface area contributed by atoms with Crippen molar-refractivity contribution in [1.82, 2.24) is 0 Å². The van der Waals surface area contributed by atoms with Crippen LogP contribution in [0.5, 0.6) is 0 Å². The molecule has 2 nitrogen and oxygen atoms in total. The molecule has 0 aliphatic heterocycles. The van der Waals surface area contributed by atoms with E-state index >= 15 is 0 Å². The molecule has 0 bridgehead atoms. The molecule has 0 amide bonds. The SMILES string of the molecule is OCCCCCOC(F)(C(F)(F)F)C(F)(F)F. The normalized spacial score (nSPS) is 14.1. The molecular formula is C8H11F7O2. The van der Waals surface area contributed by atoms with Crippen molar-refractivity contribution in [3.63, 3.8) is 0 Å². The van der Waals surface area contributed by atoms with Gasteiger partial charge in [-0.05, 0) is 19.3 Å². The fourth-order valence-corrected chi connectivity index (χ4v) is 0.928. The minimum atomic E-state index is -6.18. The molecule has 0 rings (SSSR count). The molecule has 0 fully saturated rings. The molecule has 0 spiro atoms. The van der Waals surface area contributed by atoms with Gasteiger partial charge in [0.25, 0.3) is 0 Å². The van der Waals surface area contributed by atoms with Crippen LogP contribution in [0.1, 0.15) is 19.3 Å². The highest BCUT2D eigenvalue weighted by molar-refractivity contribution is 4.85. The van der Waals surface area contributed by atoms with E-state index in [1.54, 1.807) is 0 Å². The van der Waals surface area contributed by atoms with Gasteiger partial charge in [-0.25, -0.2) is 0 Å². The molecule has 0 heterocycles. The summed E-state index contributed by atoms with van der Waals surface area (Å²) in [5.41, 5.74) is 0. The number of hydrogen-bond acceptors (Lipinski definition) is 2. The van der Waals surface area contributed by atoms with Gasteiger partial charge in [0, 0.05) is 6.61 Å². The predicted octanol–water partition coefficient (Wildman–Crippen LogP) is 2.96. The zero-order valence-corrected chi connectivity index (χ0v) is 8.54. The van der Waals surface area contributed by atoms with Gasteiger partial charge >= 0.3 is 18.2 Å². The largest absolute Gasteiger partial charge is 0.458 e. The van der Waals surface area contributed by atoms with E-state index < -0.39 is 24.8 Å². The van der Waals surface area contributed by atoms with Gasteiger partial charge in [0.15, 0.2) is 0 Å². The van der Waals surface area contributed by atoms with Crippen LogP contribution in [0.25, 0.3) is 0 Å². The molecule has 0 saturated carbocycles. The van der Waals surface area contributed by atoms with Crippen LogP contribution in [0.2, 0.25) is 0 Å². The van der Waals surface area contributed by atoms with Crippen LogP contribution in [0.4, 0.5) is 30.7 Å². The summed E-state index contributed by atoms with van der Waals surface area (Å²) in [6, 6.07) is 0. The van der Waals surface area contributed by atoms with Crippen molar-refractivity contribution < 1.29 is 40.6 Å². The van der Waals surface area contributed by atoms with E-state index in [-0.39, 0.29) is 25.9 Å². The molecule has 104 valence electrons. The molecule has 1 N–H and O–H groups in total. The first kappa shape index (κ1) is 16.4. The zero-order chi connectivity index (χ0) is 13.7. The molecule has 0 aliphatic carbocycles. The average molecular weight is 272 g/mol. The fourth-order valence-electron chi connectivity index (χ4n) is 0.928. The smallest absolute Gasteiger partial charge is 0.396 e. The zero-order valence-electron chi connectivity index (χ0n) is 8.54. The van der Waals surface area contributed by atoms with Crippen molar-refractivity contribution in [2.24, 2.45) is 0 Å². The van der Waals surface area contributed by atoms with Gasteiger partial charge in [-0.3, -0.25) is 0 Å². The third-order valence-corrected chi connectivity index (χ3v) is 1.83. The lowest BCUT2D eigenvalue weighted by Crippen LogP contribution is -2.55. The Kier molecular flexibility index (Phi) is 5.66. The lowest BCUT2D eigenvalue weighted by atomic mass is 10.2. The summed E-state index contributed by atoms with van der Waals surface area (Å²) >= 11 is 0. The van der Waals surface area contributed by atoms with Gasteiger partial charge in [0.2, 0.25) is 0 Å². The molecule has 0 unspecified atom stereocenters. The second-order valence-corrected chi connectivity index (χ2v) is 3.22. The molecule has 9 heteroatoms. The Morgan fingerprint density at radius 2 is 1.24 bits per heavy atom. The van der Waals surface area contributed by atoms with Crippen molar-refractivity contribution in [2.45, 2.75) is 37.5 Å². The van der Waals surface area contributed by atoms with Crippen LogP contribution < -0.4 is 0 Å². The van der Waals surface area contributed by atoms with Crippen LogP contribution >= 0.6 is 0 Å². The highest BCUT2D eigenvalue weighted by Gasteiger charge is 2.74. The maximum Gasteiger partial charge on any atom is 0.458 e. The Labute approximate surface area is 92.4 Å². The van der Waals surface area contributed by atoms with Gasteiger partial charge < -0.3 is 9.84 Å². The number of halogens is 7. The maximum atomic E-state index is 12.8. The lowest BCUT2D eigenvalue weighted by Gasteiger charge is -2.29. The molecule has 0 aromatic heterocycles. The summed E-state index contributed by atoms with van der Waals surface area (Å²) in [7, 11) is 0. The van der Waals surface area contributed by atoms with Gasteiger partial charge in [-0.1, -0.05) is 0 Å². The van der Waals surface area contributed by atoms with Crippen LogP contribution in [0.15, 0.2) is 0 Å². The van der Waals surface area contributed by atoms with E-state index in [0.29, 0.717) is 0 Å². The predicted molar refractivity (Wildman–Crippen MR) is 42.8 cm³/mol. The third-order valence-electron chi connectivity index (χ3n) is 1.83. The number of rotatable bonds is 6. The standard InChI is InChI=1S/C8H11F7O2/c9-6(7(10,11)12,8(13,14)15)17-5-3-1-2-4-16/h16H,1-5H2. The maximum absolute atomic E-state index is 12.8. The molecule has 0 saturated heterocycles. The van der Waals surface area contributed by atoms with Crippen LogP contribution in [-0.4, -0.2) is 36.5 Å². The van der Waals surface area contributed by atoms with Gasteiger partial charge in [0.05, 0.1) is 6.61 Å². The first-order valence-electron chi connectivity index (χ1n) is 4.63. The number of aliphatic hydroxyl groups is 1. The number of ether oxygens (including phenoxy) is 1. The summed E-state index contributed by atoms with van der Waals surface area (Å²) in [5.74, 6) is -5.64. The Morgan fingerprint density at radius 1 is 0.765 bits per heavy atom. The van der Waals surface area contributed by atoms with E-state index in [1.165, 1.54) is 0 Å². The number of alkyl halides is 7. The van der Waals surface area contributed by atoms with Gasteiger partial charge in [-0.2, -0.15) is 30.7 Å². The highest BCUT2D eigenvalue weighted by atomic mass is 19.4. The molecule has 0 aromatic carbocycles. The molecule has 17 heavy (non-hydrogen) atoms. The average Bonchev–Trinajstić information content (AvgIpc) is 2.13. The summed E-state index contributed by atoms with van der Waals surface area (Å²) < 4.78 is 87.6. The number of hydrogen-bond donors (Lipinski definition) is 1. The van der Waals surface area contributed by atoms with Crippen molar-refractivity contribution in [3.8, 4) is 0 Å². The fraction of sp³-hybridized carbons (Fsp3) is 1.00. The number of aliphatic hydroxyl groups excluding tert-OH is 1. The minimum absolute atomic E-state index is 0.141. The Bertz CT molecular complexity index is 209. The Balaban J connectivity index is 4.44. The first-order valence-corrected chi connectivity index (χ1v) is 4.63. The molecule has 0 radical (unpaired) electrons. The third kappa shape index (κ3) is 4.30. The summed E-state index contributed by atoms with van der Waals surface area (Å²) in [6.07, 6.45) is -12.2. The van der Waals surface area contributed by atoms with E-state index in [0.717, 1.165) is 0 Å². The van der Waals surface area contributed by atoms with E-state index in [9.17, 15) is 30.7 Å². The van der Waals surface area contributed by atoms with Crippen LogP contribution in [-0.2, 0) is 4.74 Å². The first-order chi connectivity index (χ1) is 7.56. The van der Waals surface area contributed by atoms with E-state index in [4.69, 9.17) is 5.11 Å². The van der Waals surface area contributed by atoms with Crippen molar-refractivity contribution in [3.05, 3.63) is 0 Å². The van der Waals surface area contributed by atoms with Crippen LogP contribution in [0.3, 0.4) is 0 Å². The van der Waals surface area contributed by atoms with E-state index in [2.05, 4.69) is 4.74 Å². The Hall–Kier alpha value is -0.570. The Morgan fingerprint density at radius 3 is 1.59 bits per heavy atom.